The topological polar surface area (TPSA) is 101 Å². The minimum atomic E-state index is -3.67. The van der Waals surface area contributed by atoms with Gasteiger partial charge in [0.05, 0.1) is 12.1 Å². The Kier molecular flexibility index (Phi) is 3.22. The molecule has 2 N–H and O–H groups in total. The summed E-state index contributed by atoms with van der Waals surface area (Å²) in [5.74, 6) is -1.59. The molecular formula is C10H13N3O4S. The first-order valence-electron chi connectivity index (χ1n) is 5.31. The summed E-state index contributed by atoms with van der Waals surface area (Å²) in [6.07, 6.45) is 4.68. The fourth-order valence-corrected chi connectivity index (χ4v) is 3.18. The average Bonchev–Trinajstić information content (AvgIpc) is 2.86. The standard InChI is InChI=1S/C10H13N3O4S/c1-13-9(4-5-11-13)18(16,17)12-8-3-2-7(6-8)10(14)15/h2-5,7-8,12H,6H2,1H3,(H,14,15). The molecule has 0 aliphatic heterocycles. The van der Waals surface area contributed by atoms with Crippen LogP contribution >= 0.6 is 0 Å². The van der Waals surface area contributed by atoms with E-state index in [-0.39, 0.29) is 11.4 Å². The van der Waals surface area contributed by atoms with Crippen LogP contribution in [0.2, 0.25) is 0 Å². The van der Waals surface area contributed by atoms with Crippen LogP contribution < -0.4 is 4.72 Å². The molecule has 0 aromatic carbocycles. The number of hydrogen-bond acceptors (Lipinski definition) is 4. The van der Waals surface area contributed by atoms with Gasteiger partial charge < -0.3 is 5.11 Å². The molecule has 1 aromatic heterocycles. The third-order valence-electron chi connectivity index (χ3n) is 2.76. The first-order valence-corrected chi connectivity index (χ1v) is 6.80. The number of carbonyl (C=O) groups is 1. The highest BCUT2D eigenvalue weighted by atomic mass is 32.2. The Morgan fingerprint density at radius 2 is 2.28 bits per heavy atom. The summed E-state index contributed by atoms with van der Waals surface area (Å²) in [5, 5.41) is 12.7. The fourth-order valence-electron chi connectivity index (χ4n) is 1.85. The van der Waals surface area contributed by atoms with Crippen LogP contribution in [0, 0.1) is 5.92 Å². The van der Waals surface area contributed by atoms with Crippen LogP contribution in [0.25, 0.3) is 0 Å². The second-order valence-corrected chi connectivity index (χ2v) is 5.75. The zero-order valence-corrected chi connectivity index (χ0v) is 10.5. The van der Waals surface area contributed by atoms with Gasteiger partial charge >= 0.3 is 5.97 Å². The van der Waals surface area contributed by atoms with Gasteiger partial charge in [0, 0.05) is 13.1 Å². The first-order chi connectivity index (χ1) is 8.40. The van der Waals surface area contributed by atoms with E-state index in [1.54, 1.807) is 6.08 Å². The minimum Gasteiger partial charge on any atom is -0.481 e. The van der Waals surface area contributed by atoms with Crippen molar-refractivity contribution in [1.82, 2.24) is 14.5 Å². The highest BCUT2D eigenvalue weighted by Crippen LogP contribution is 2.19. The Labute approximate surface area is 104 Å². The van der Waals surface area contributed by atoms with Crippen LogP contribution in [0.15, 0.2) is 29.4 Å². The molecular weight excluding hydrogens is 258 g/mol. The fraction of sp³-hybridized carbons (Fsp3) is 0.400. The van der Waals surface area contributed by atoms with Crippen molar-refractivity contribution >= 4 is 16.0 Å². The highest BCUT2D eigenvalue weighted by Gasteiger charge is 2.28. The Hall–Kier alpha value is -1.67. The maximum absolute atomic E-state index is 12.0. The van der Waals surface area contributed by atoms with Crippen molar-refractivity contribution in [2.75, 3.05) is 0 Å². The molecule has 8 heteroatoms. The van der Waals surface area contributed by atoms with Gasteiger partial charge in [0.1, 0.15) is 0 Å². The quantitative estimate of drug-likeness (QED) is 0.734. The van der Waals surface area contributed by atoms with E-state index in [0.717, 1.165) is 0 Å². The molecule has 2 atom stereocenters. The van der Waals surface area contributed by atoms with Gasteiger partial charge in [-0.25, -0.2) is 13.1 Å². The molecule has 0 spiro atoms. The van der Waals surface area contributed by atoms with Gasteiger partial charge in [-0.05, 0) is 12.5 Å². The third-order valence-corrected chi connectivity index (χ3v) is 4.32. The molecule has 98 valence electrons. The number of nitrogens with zero attached hydrogens (tertiary/aromatic N) is 2. The molecule has 0 saturated carbocycles. The molecule has 2 unspecified atom stereocenters. The van der Waals surface area contributed by atoms with Crippen molar-refractivity contribution < 1.29 is 18.3 Å². The van der Waals surface area contributed by atoms with Crippen LogP contribution in [0.1, 0.15) is 6.42 Å². The van der Waals surface area contributed by atoms with E-state index >= 15 is 0 Å². The molecule has 0 fully saturated rings. The number of aliphatic carboxylic acids is 1. The van der Waals surface area contributed by atoms with E-state index in [1.807, 2.05) is 0 Å². The minimum absolute atomic E-state index is 0.0506. The lowest BCUT2D eigenvalue weighted by molar-refractivity contribution is -0.140. The molecule has 7 nitrogen and oxygen atoms in total. The molecule has 1 aliphatic carbocycles. The average molecular weight is 271 g/mol. The maximum Gasteiger partial charge on any atom is 0.310 e. The van der Waals surface area contributed by atoms with Crippen LogP contribution in [-0.2, 0) is 21.9 Å². The van der Waals surface area contributed by atoms with Crippen LogP contribution in [0.5, 0.6) is 0 Å². The largest absolute Gasteiger partial charge is 0.481 e. The maximum atomic E-state index is 12.0. The number of carboxylic acids is 1. The predicted octanol–water partition coefficient (Wildman–Crippen LogP) is -0.272. The van der Waals surface area contributed by atoms with Crippen molar-refractivity contribution in [3.63, 3.8) is 0 Å². The molecule has 0 saturated heterocycles. The number of aryl methyl sites for hydroxylation is 1. The summed E-state index contributed by atoms with van der Waals surface area (Å²) in [6.45, 7) is 0. The summed E-state index contributed by atoms with van der Waals surface area (Å²) < 4.78 is 27.7. The van der Waals surface area contributed by atoms with Crippen molar-refractivity contribution in [3.8, 4) is 0 Å². The number of nitrogens with one attached hydrogen (secondary N) is 1. The van der Waals surface area contributed by atoms with E-state index in [4.69, 9.17) is 5.11 Å². The van der Waals surface area contributed by atoms with Crippen molar-refractivity contribution in [2.45, 2.75) is 17.5 Å². The van der Waals surface area contributed by atoms with E-state index in [1.165, 1.54) is 30.1 Å². The summed E-state index contributed by atoms with van der Waals surface area (Å²) in [6, 6.07) is 0.890. The van der Waals surface area contributed by atoms with Crippen molar-refractivity contribution in [3.05, 3.63) is 24.4 Å². The summed E-state index contributed by atoms with van der Waals surface area (Å²) in [5.41, 5.74) is 0. The number of sulfonamides is 1. The molecule has 0 amide bonds. The Balaban J connectivity index is 2.10. The number of carboxylic acid groups (broad SMARTS) is 1. The van der Waals surface area contributed by atoms with Gasteiger partial charge in [-0.1, -0.05) is 12.2 Å². The lowest BCUT2D eigenvalue weighted by Crippen LogP contribution is -2.34. The van der Waals surface area contributed by atoms with Gasteiger partial charge in [0.25, 0.3) is 10.0 Å². The monoisotopic (exact) mass is 271 g/mol. The van der Waals surface area contributed by atoms with Crippen LogP contribution in [0.4, 0.5) is 0 Å². The van der Waals surface area contributed by atoms with E-state index in [9.17, 15) is 13.2 Å². The molecule has 0 bridgehead atoms. The van der Waals surface area contributed by atoms with E-state index < -0.39 is 28.0 Å². The number of rotatable bonds is 4. The van der Waals surface area contributed by atoms with Gasteiger partial charge in [0.2, 0.25) is 0 Å². The Bertz CT molecular complexity index is 590. The third kappa shape index (κ3) is 2.44. The lowest BCUT2D eigenvalue weighted by Gasteiger charge is -2.12. The zero-order chi connectivity index (χ0) is 13.3. The normalized spacial score (nSPS) is 23.4. The smallest absolute Gasteiger partial charge is 0.310 e. The second kappa shape index (κ2) is 4.54. The lowest BCUT2D eigenvalue weighted by atomic mass is 10.1. The van der Waals surface area contributed by atoms with Gasteiger partial charge in [-0.3, -0.25) is 9.48 Å². The molecule has 1 aromatic rings. The number of aromatic nitrogens is 2. The molecule has 1 heterocycles. The predicted molar refractivity (Wildman–Crippen MR) is 62.2 cm³/mol. The number of hydrogen-bond donors (Lipinski definition) is 2. The van der Waals surface area contributed by atoms with Crippen LogP contribution in [-0.4, -0.2) is 35.3 Å². The van der Waals surface area contributed by atoms with E-state index in [0.29, 0.717) is 0 Å². The Morgan fingerprint density at radius 3 is 2.78 bits per heavy atom. The highest BCUT2D eigenvalue weighted by molar-refractivity contribution is 7.89. The molecule has 18 heavy (non-hydrogen) atoms. The molecule has 2 rings (SSSR count). The van der Waals surface area contributed by atoms with Crippen LogP contribution in [0.3, 0.4) is 0 Å². The summed E-state index contributed by atoms with van der Waals surface area (Å²) in [4.78, 5) is 10.8. The van der Waals surface area contributed by atoms with Crippen molar-refractivity contribution in [2.24, 2.45) is 13.0 Å². The SMILES string of the molecule is Cn1nccc1S(=O)(=O)NC1C=CC(C(=O)O)C1. The molecule has 0 radical (unpaired) electrons. The van der Waals surface area contributed by atoms with Gasteiger partial charge in [-0.2, -0.15) is 5.10 Å². The second-order valence-electron chi connectivity index (χ2n) is 4.09. The van der Waals surface area contributed by atoms with E-state index in [2.05, 4.69) is 9.82 Å². The first kappa shape index (κ1) is 12.8. The van der Waals surface area contributed by atoms with Gasteiger partial charge in [-0.15, -0.1) is 0 Å². The summed E-state index contributed by atoms with van der Waals surface area (Å²) >= 11 is 0. The summed E-state index contributed by atoms with van der Waals surface area (Å²) in [7, 11) is -2.15. The molecule has 1 aliphatic rings. The van der Waals surface area contributed by atoms with Gasteiger partial charge in [0.15, 0.2) is 5.03 Å². The van der Waals surface area contributed by atoms with Crippen molar-refractivity contribution in [1.29, 1.82) is 0 Å². The Morgan fingerprint density at radius 1 is 1.56 bits per heavy atom. The zero-order valence-electron chi connectivity index (χ0n) is 9.65.